The zero-order valence-corrected chi connectivity index (χ0v) is 11.1. The van der Waals surface area contributed by atoms with Crippen molar-refractivity contribution in [2.45, 2.75) is 6.92 Å². The van der Waals surface area contributed by atoms with Crippen LogP contribution in [0.25, 0.3) is 5.70 Å². The zero-order valence-electron chi connectivity index (χ0n) is 11.1. The molecule has 0 aliphatic rings. The molecule has 2 N–H and O–H groups in total. The number of hydrazine groups is 1. The highest BCUT2D eigenvalue weighted by Crippen LogP contribution is 2.10. The largest absolute Gasteiger partial charge is 0.298 e. The Kier molecular flexibility index (Phi) is 4.15. The van der Waals surface area contributed by atoms with Gasteiger partial charge in [0.2, 0.25) is 0 Å². The molecule has 2 aromatic rings. The summed E-state index contributed by atoms with van der Waals surface area (Å²) in [5.74, 6) is -0.558. The van der Waals surface area contributed by atoms with Crippen LogP contribution >= 0.6 is 0 Å². The molecule has 0 radical (unpaired) electrons. The van der Waals surface area contributed by atoms with Gasteiger partial charge in [-0.25, -0.2) is 4.39 Å². The Bertz CT molecular complexity index is 635. The lowest BCUT2D eigenvalue weighted by atomic mass is 10.1. The fourth-order valence-corrected chi connectivity index (χ4v) is 1.75. The van der Waals surface area contributed by atoms with Gasteiger partial charge >= 0.3 is 0 Å². The SMILES string of the molecule is C=C(NNC(=O)c1ccccc1C)c1ccc(F)cc1. The molecule has 102 valence electrons. The third kappa shape index (κ3) is 3.23. The highest BCUT2D eigenvalue weighted by molar-refractivity contribution is 5.95. The number of hydrogen-bond donors (Lipinski definition) is 2. The minimum atomic E-state index is -0.314. The molecule has 2 rings (SSSR count). The molecular weight excluding hydrogens is 255 g/mol. The van der Waals surface area contributed by atoms with Crippen LogP contribution in [-0.2, 0) is 0 Å². The van der Waals surface area contributed by atoms with Gasteiger partial charge in [0.25, 0.3) is 5.91 Å². The minimum Gasteiger partial charge on any atom is -0.298 e. The zero-order chi connectivity index (χ0) is 14.5. The number of hydrogen-bond acceptors (Lipinski definition) is 2. The van der Waals surface area contributed by atoms with Crippen LogP contribution in [0.4, 0.5) is 4.39 Å². The fraction of sp³-hybridized carbons (Fsp3) is 0.0625. The Morgan fingerprint density at radius 1 is 1.05 bits per heavy atom. The van der Waals surface area contributed by atoms with Crippen molar-refractivity contribution in [2.75, 3.05) is 0 Å². The van der Waals surface area contributed by atoms with Gasteiger partial charge in [0.1, 0.15) is 5.82 Å². The monoisotopic (exact) mass is 270 g/mol. The minimum absolute atomic E-state index is 0.244. The summed E-state index contributed by atoms with van der Waals surface area (Å²) in [5.41, 5.74) is 7.97. The standard InChI is InChI=1S/C16H15FN2O/c1-11-5-3-4-6-15(11)16(20)19-18-12(2)13-7-9-14(17)10-8-13/h3-10,18H,2H2,1H3,(H,19,20). The topological polar surface area (TPSA) is 41.1 Å². The smallest absolute Gasteiger partial charge is 0.269 e. The van der Waals surface area contributed by atoms with Crippen LogP contribution in [0.1, 0.15) is 21.5 Å². The van der Waals surface area contributed by atoms with Crippen molar-refractivity contribution in [1.29, 1.82) is 0 Å². The number of carbonyl (C=O) groups excluding carboxylic acids is 1. The average Bonchev–Trinajstić information content (AvgIpc) is 2.45. The maximum Gasteiger partial charge on any atom is 0.269 e. The molecule has 0 saturated carbocycles. The van der Waals surface area contributed by atoms with E-state index in [9.17, 15) is 9.18 Å². The number of halogens is 1. The van der Waals surface area contributed by atoms with Crippen molar-refractivity contribution in [3.8, 4) is 0 Å². The van der Waals surface area contributed by atoms with Gasteiger partial charge in [-0.05, 0) is 48.4 Å². The van der Waals surface area contributed by atoms with Crippen molar-refractivity contribution >= 4 is 11.6 Å². The fourth-order valence-electron chi connectivity index (χ4n) is 1.75. The molecule has 0 fully saturated rings. The Hall–Kier alpha value is -2.62. The normalized spacial score (nSPS) is 9.90. The van der Waals surface area contributed by atoms with Crippen LogP contribution in [0, 0.1) is 12.7 Å². The summed E-state index contributed by atoms with van der Waals surface area (Å²) in [6.07, 6.45) is 0. The summed E-state index contributed by atoms with van der Waals surface area (Å²) in [7, 11) is 0. The number of aryl methyl sites for hydroxylation is 1. The highest BCUT2D eigenvalue weighted by Gasteiger charge is 2.08. The Labute approximate surface area is 117 Å². The van der Waals surface area contributed by atoms with E-state index < -0.39 is 0 Å². The highest BCUT2D eigenvalue weighted by atomic mass is 19.1. The van der Waals surface area contributed by atoms with Crippen LogP contribution in [0.2, 0.25) is 0 Å². The molecule has 0 bridgehead atoms. The molecule has 0 aliphatic heterocycles. The van der Waals surface area contributed by atoms with Gasteiger partial charge in [0.05, 0.1) is 5.70 Å². The van der Waals surface area contributed by atoms with Crippen molar-refractivity contribution in [1.82, 2.24) is 10.9 Å². The second-order valence-electron chi connectivity index (χ2n) is 4.38. The molecule has 0 aliphatic carbocycles. The first kappa shape index (κ1) is 13.8. The summed E-state index contributed by atoms with van der Waals surface area (Å²) in [4.78, 5) is 12.0. The molecule has 1 amide bonds. The molecule has 4 heteroatoms. The van der Waals surface area contributed by atoms with Crippen molar-refractivity contribution in [3.63, 3.8) is 0 Å². The lowest BCUT2D eigenvalue weighted by Crippen LogP contribution is -2.36. The van der Waals surface area contributed by atoms with E-state index in [2.05, 4.69) is 17.4 Å². The van der Waals surface area contributed by atoms with Crippen LogP contribution in [-0.4, -0.2) is 5.91 Å². The summed E-state index contributed by atoms with van der Waals surface area (Å²) >= 11 is 0. The lowest BCUT2D eigenvalue weighted by molar-refractivity contribution is 0.0942. The molecule has 0 unspecified atom stereocenters. The average molecular weight is 270 g/mol. The predicted molar refractivity (Wildman–Crippen MR) is 77.2 cm³/mol. The number of benzene rings is 2. The molecular formula is C16H15FN2O. The van der Waals surface area contributed by atoms with E-state index in [1.165, 1.54) is 12.1 Å². The van der Waals surface area contributed by atoms with Crippen molar-refractivity contribution < 1.29 is 9.18 Å². The molecule has 2 aromatic carbocycles. The summed E-state index contributed by atoms with van der Waals surface area (Å²) < 4.78 is 12.8. The second-order valence-corrected chi connectivity index (χ2v) is 4.38. The van der Waals surface area contributed by atoms with E-state index in [1.54, 1.807) is 24.3 Å². The first-order valence-corrected chi connectivity index (χ1v) is 6.15. The van der Waals surface area contributed by atoms with Gasteiger partial charge in [-0.3, -0.25) is 15.6 Å². The van der Waals surface area contributed by atoms with Crippen LogP contribution < -0.4 is 10.9 Å². The van der Waals surface area contributed by atoms with Gasteiger partial charge < -0.3 is 0 Å². The Morgan fingerprint density at radius 3 is 2.35 bits per heavy atom. The van der Waals surface area contributed by atoms with E-state index in [0.29, 0.717) is 16.8 Å². The van der Waals surface area contributed by atoms with Gasteiger partial charge in [-0.1, -0.05) is 24.8 Å². The lowest BCUT2D eigenvalue weighted by Gasteiger charge is -2.12. The number of amides is 1. The molecule has 0 atom stereocenters. The number of nitrogens with one attached hydrogen (secondary N) is 2. The Balaban J connectivity index is 1.99. The molecule has 0 heterocycles. The first-order valence-electron chi connectivity index (χ1n) is 6.15. The number of carbonyl (C=O) groups is 1. The predicted octanol–water partition coefficient (Wildman–Crippen LogP) is 3.04. The maximum absolute atomic E-state index is 12.8. The van der Waals surface area contributed by atoms with E-state index in [-0.39, 0.29) is 11.7 Å². The third-order valence-corrected chi connectivity index (χ3v) is 2.91. The van der Waals surface area contributed by atoms with Crippen LogP contribution in [0.15, 0.2) is 55.1 Å². The molecule has 20 heavy (non-hydrogen) atoms. The van der Waals surface area contributed by atoms with Gasteiger partial charge in [0, 0.05) is 5.56 Å². The third-order valence-electron chi connectivity index (χ3n) is 2.91. The van der Waals surface area contributed by atoms with Crippen LogP contribution in [0.5, 0.6) is 0 Å². The van der Waals surface area contributed by atoms with Crippen molar-refractivity contribution in [2.24, 2.45) is 0 Å². The van der Waals surface area contributed by atoms with Gasteiger partial charge in [-0.2, -0.15) is 0 Å². The number of rotatable bonds is 4. The maximum atomic E-state index is 12.8. The summed E-state index contributed by atoms with van der Waals surface area (Å²) in [5, 5.41) is 0. The summed E-state index contributed by atoms with van der Waals surface area (Å²) in [6, 6.07) is 13.1. The molecule has 0 aromatic heterocycles. The van der Waals surface area contributed by atoms with E-state index >= 15 is 0 Å². The second kappa shape index (κ2) is 6.02. The Morgan fingerprint density at radius 2 is 1.70 bits per heavy atom. The van der Waals surface area contributed by atoms with E-state index in [0.717, 1.165) is 5.56 Å². The van der Waals surface area contributed by atoms with Gasteiger partial charge in [-0.15, -0.1) is 0 Å². The van der Waals surface area contributed by atoms with Gasteiger partial charge in [0.15, 0.2) is 0 Å². The van der Waals surface area contributed by atoms with Crippen LogP contribution in [0.3, 0.4) is 0 Å². The molecule has 3 nitrogen and oxygen atoms in total. The molecule has 0 spiro atoms. The first-order chi connectivity index (χ1) is 9.58. The van der Waals surface area contributed by atoms with E-state index in [1.807, 2.05) is 19.1 Å². The van der Waals surface area contributed by atoms with Crippen molar-refractivity contribution in [3.05, 3.63) is 77.6 Å². The van der Waals surface area contributed by atoms with E-state index in [4.69, 9.17) is 0 Å². The summed E-state index contributed by atoms with van der Waals surface area (Å²) in [6.45, 7) is 5.66. The quantitative estimate of drug-likeness (QED) is 0.838. The molecule has 0 saturated heterocycles.